The van der Waals surface area contributed by atoms with Crippen molar-refractivity contribution >= 4 is 65.7 Å². The maximum Gasteiger partial charge on any atom is 0.161 e. The van der Waals surface area contributed by atoms with Crippen LogP contribution in [0.5, 0.6) is 0 Å². The van der Waals surface area contributed by atoms with Gasteiger partial charge in [0.1, 0.15) is 11.1 Å². The molecule has 0 radical (unpaired) electrons. The number of nitrogens with zero attached hydrogens (tertiary/aromatic N) is 4. The van der Waals surface area contributed by atoms with Gasteiger partial charge in [-0.15, -0.1) is 0 Å². The number of hydrogen-bond donors (Lipinski definition) is 0. The zero-order valence-corrected chi connectivity index (χ0v) is 29.7. The summed E-state index contributed by atoms with van der Waals surface area (Å²) in [4.78, 5) is 10.6. The third kappa shape index (κ3) is 3.88. The van der Waals surface area contributed by atoms with Gasteiger partial charge in [0.05, 0.1) is 33.4 Å². The normalized spacial score (nSPS) is 13.5. The molecular formula is C49H32N4O. The Morgan fingerprint density at radius 1 is 0.500 bits per heavy atom. The molecule has 5 nitrogen and oxygen atoms in total. The van der Waals surface area contributed by atoms with Crippen molar-refractivity contribution in [1.82, 2.24) is 19.1 Å². The van der Waals surface area contributed by atoms with E-state index >= 15 is 0 Å². The molecule has 0 atom stereocenters. The van der Waals surface area contributed by atoms with Crippen molar-refractivity contribution in [3.8, 4) is 34.0 Å². The van der Waals surface area contributed by atoms with Crippen LogP contribution in [0.1, 0.15) is 25.0 Å². The number of rotatable bonds is 3. The topological polar surface area (TPSA) is 48.8 Å². The lowest BCUT2D eigenvalue weighted by atomic mass is 9.74. The molecule has 4 aromatic heterocycles. The molecule has 11 aromatic rings. The zero-order chi connectivity index (χ0) is 35.7. The number of para-hydroxylation sites is 5. The quantitative estimate of drug-likeness (QED) is 0.185. The van der Waals surface area contributed by atoms with Crippen molar-refractivity contribution in [2.75, 3.05) is 0 Å². The van der Waals surface area contributed by atoms with Gasteiger partial charge in [-0.1, -0.05) is 105 Å². The Bertz CT molecular complexity index is 3320. The van der Waals surface area contributed by atoms with Gasteiger partial charge in [-0.2, -0.15) is 0 Å². The second-order valence-corrected chi connectivity index (χ2v) is 15.0. The minimum absolute atomic E-state index is 0.275. The largest absolute Gasteiger partial charge is 0.454 e. The van der Waals surface area contributed by atoms with E-state index in [4.69, 9.17) is 14.4 Å². The highest BCUT2D eigenvalue weighted by molar-refractivity contribution is 6.18. The molecule has 5 heteroatoms. The van der Waals surface area contributed by atoms with Crippen LogP contribution in [0.25, 0.3) is 99.7 Å². The maximum atomic E-state index is 6.54. The lowest BCUT2D eigenvalue weighted by Crippen LogP contribution is -2.26. The van der Waals surface area contributed by atoms with Crippen LogP contribution >= 0.6 is 0 Å². The predicted octanol–water partition coefficient (Wildman–Crippen LogP) is 12.5. The first kappa shape index (κ1) is 29.6. The lowest BCUT2D eigenvalue weighted by molar-refractivity contribution is 0.630. The monoisotopic (exact) mass is 692 g/mol. The summed E-state index contributed by atoms with van der Waals surface area (Å²) in [7, 11) is 0. The highest BCUT2D eigenvalue weighted by Crippen LogP contribution is 2.50. The minimum atomic E-state index is -0.275. The van der Waals surface area contributed by atoms with Crippen molar-refractivity contribution in [3.63, 3.8) is 0 Å². The van der Waals surface area contributed by atoms with Gasteiger partial charge in [-0.25, -0.2) is 9.97 Å². The van der Waals surface area contributed by atoms with Crippen molar-refractivity contribution in [1.29, 1.82) is 0 Å². The molecule has 0 N–H and O–H groups in total. The van der Waals surface area contributed by atoms with Crippen molar-refractivity contribution in [2.24, 2.45) is 0 Å². The Balaban J connectivity index is 1.06. The van der Waals surface area contributed by atoms with Crippen LogP contribution < -0.4 is 0 Å². The number of fused-ring (bicyclic) bond motifs is 11. The molecule has 0 unspecified atom stereocenters. The molecule has 0 saturated heterocycles. The Labute approximate surface area is 310 Å². The predicted molar refractivity (Wildman–Crippen MR) is 221 cm³/mol. The van der Waals surface area contributed by atoms with E-state index < -0.39 is 0 Å². The van der Waals surface area contributed by atoms with Gasteiger partial charge in [-0.3, -0.25) is 0 Å². The Hall–Kier alpha value is -6.98. The van der Waals surface area contributed by atoms with Crippen molar-refractivity contribution < 1.29 is 4.42 Å². The molecule has 254 valence electrons. The van der Waals surface area contributed by atoms with Crippen molar-refractivity contribution in [2.45, 2.75) is 19.3 Å². The average molecular weight is 693 g/mol. The van der Waals surface area contributed by atoms with Gasteiger partial charge in [0.15, 0.2) is 11.4 Å². The van der Waals surface area contributed by atoms with Gasteiger partial charge in [0, 0.05) is 49.2 Å². The smallest absolute Gasteiger partial charge is 0.161 e. The number of hydrogen-bond acceptors (Lipinski definition) is 3. The Kier molecular flexibility index (Phi) is 5.78. The Morgan fingerprint density at radius 2 is 1.19 bits per heavy atom. The minimum Gasteiger partial charge on any atom is -0.454 e. The molecule has 0 aliphatic carbocycles. The van der Waals surface area contributed by atoms with E-state index in [1.165, 1.54) is 38.4 Å². The molecule has 7 aromatic carbocycles. The summed E-state index contributed by atoms with van der Waals surface area (Å²) in [6, 6.07) is 56.1. The standard InChI is InChI=1S/C49H32N4O/c1-49(2)37-20-12-19-36-45(37)53(46-35-18-6-10-24-43(35)54-47(36)46)42-26-25-30(28-38(42)49)48-50-39-21-7-3-17-34(39)44(51-48)29-13-11-14-31(27-29)52-40-22-8-4-15-32(40)33-16-5-9-23-41(33)52/h3-28H,1-2H3. The van der Waals surface area contributed by atoms with Gasteiger partial charge in [0.25, 0.3) is 0 Å². The fraction of sp³-hybridized carbons (Fsp3) is 0.0612. The molecule has 5 heterocycles. The summed E-state index contributed by atoms with van der Waals surface area (Å²) in [6.07, 6.45) is 0. The van der Waals surface area contributed by atoms with Gasteiger partial charge in [-0.05, 0) is 77.9 Å². The highest BCUT2D eigenvalue weighted by Gasteiger charge is 2.37. The summed E-state index contributed by atoms with van der Waals surface area (Å²) >= 11 is 0. The number of aromatic nitrogens is 4. The zero-order valence-electron chi connectivity index (χ0n) is 29.7. The van der Waals surface area contributed by atoms with Crippen LogP contribution in [-0.2, 0) is 5.41 Å². The number of furan rings is 1. The van der Waals surface area contributed by atoms with Gasteiger partial charge in [0.2, 0.25) is 0 Å². The Morgan fingerprint density at radius 3 is 2.00 bits per heavy atom. The van der Waals surface area contributed by atoms with Gasteiger partial charge >= 0.3 is 0 Å². The average Bonchev–Trinajstić information content (AvgIpc) is 3.87. The fourth-order valence-corrected chi connectivity index (χ4v) is 9.20. The summed E-state index contributed by atoms with van der Waals surface area (Å²) in [5.74, 6) is 0.708. The van der Waals surface area contributed by atoms with E-state index in [2.05, 4.69) is 175 Å². The second kappa shape index (κ2) is 10.6. The molecule has 54 heavy (non-hydrogen) atoms. The molecule has 0 fully saturated rings. The first-order valence-electron chi connectivity index (χ1n) is 18.5. The molecule has 1 aliphatic rings. The first-order valence-corrected chi connectivity index (χ1v) is 18.5. The van der Waals surface area contributed by atoms with Crippen LogP contribution in [0.15, 0.2) is 162 Å². The SMILES string of the molecule is CC1(C)c2cc(-c3nc(-c4cccc(-n5c6ccccc6c6ccccc65)c4)c4ccccc4n3)ccc2-n2c3c1cccc3c1oc3ccccc3c12. The molecular weight excluding hydrogens is 661 g/mol. The van der Waals surface area contributed by atoms with Crippen LogP contribution in [0, 0.1) is 0 Å². The molecule has 1 aliphatic heterocycles. The molecule has 0 bridgehead atoms. The van der Waals surface area contributed by atoms with Crippen LogP contribution in [0.4, 0.5) is 0 Å². The van der Waals surface area contributed by atoms with E-state index in [1.54, 1.807) is 0 Å². The fourth-order valence-electron chi connectivity index (χ4n) is 9.20. The van der Waals surface area contributed by atoms with E-state index in [1.807, 2.05) is 6.07 Å². The molecule has 0 saturated carbocycles. The van der Waals surface area contributed by atoms with E-state index in [-0.39, 0.29) is 5.41 Å². The maximum absolute atomic E-state index is 6.54. The molecule has 12 rings (SSSR count). The van der Waals surface area contributed by atoms with Crippen LogP contribution in [-0.4, -0.2) is 19.1 Å². The molecule has 0 amide bonds. The highest BCUT2D eigenvalue weighted by atomic mass is 16.3. The van der Waals surface area contributed by atoms with Gasteiger partial charge < -0.3 is 13.6 Å². The van der Waals surface area contributed by atoms with E-state index in [0.717, 1.165) is 66.6 Å². The van der Waals surface area contributed by atoms with Crippen LogP contribution in [0.2, 0.25) is 0 Å². The van der Waals surface area contributed by atoms with E-state index in [9.17, 15) is 0 Å². The summed E-state index contributed by atoms with van der Waals surface area (Å²) in [5, 5.41) is 5.78. The van der Waals surface area contributed by atoms with Crippen molar-refractivity contribution in [3.05, 3.63) is 169 Å². The first-order chi connectivity index (χ1) is 26.5. The van der Waals surface area contributed by atoms with Crippen LogP contribution in [0.3, 0.4) is 0 Å². The number of benzene rings is 7. The molecule has 0 spiro atoms. The third-order valence-electron chi connectivity index (χ3n) is 11.7. The summed E-state index contributed by atoms with van der Waals surface area (Å²) in [6.45, 7) is 4.65. The summed E-state index contributed by atoms with van der Waals surface area (Å²) in [5.41, 5.74) is 14.9. The second-order valence-electron chi connectivity index (χ2n) is 15.0. The third-order valence-corrected chi connectivity index (χ3v) is 11.7. The lowest BCUT2D eigenvalue weighted by Gasteiger charge is -2.35. The van der Waals surface area contributed by atoms with E-state index in [0.29, 0.717) is 5.82 Å². The summed E-state index contributed by atoms with van der Waals surface area (Å²) < 4.78 is 11.3.